The van der Waals surface area contributed by atoms with E-state index in [-0.39, 0.29) is 0 Å². The molecule has 0 atom stereocenters. The Morgan fingerprint density at radius 3 is 1.67 bits per heavy atom. The molecule has 66 valence electrons. The second kappa shape index (κ2) is 3.70. The number of nitrogens with two attached hydrogens (primary N) is 3. The maximum Gasteiger partial charge on any atom is 0.129 e. The van der Waals surface area contributed by atoms with Crippen LogP contribution in [0.5, 0.6) is 0 Å². The lowest BCUT2D eigenvalue weighted by Crippen LogP contribution is -2.32. The molecule has 0 amide bonds. The van der Waals surface area contributed by atoms with Crippen molar-refractivity contribution in [2.45, 2.75) is 19.3 Å². The molecule has 0 bridgehead atoms. The third kappa shape index (κ3) is 1.36. The summed E-state index contributed by atoms with van der Waals surface area (Å²) in [5.41, 5.74) is 1.88. The molecule has 1 aliphatic rings. The van der Waals surface area contributed by atoms with Gasteiger partial charge >= 0.3 is 0 Å². The average molecular weight is 168 g/mol. The number of rotatable bonds is 0. The van der Waals surface area contributed by atoms with Crippen LogP contribution in [0.1, 0.15) is 19.3 Å². The standard InChI is InChI=1S/C6H12N6/c7-10-4-2-1-3-5(11-8)6(4)12-9/h1-3,7-9H2. The van der Waals surface area contributed by atoms with Gasteiger partial charge in [0, 0.05) is 0 Å². The molecule has 0 aromatic rings. The first-order chi connectivity index (χ1) is 5.83. The molecule has 0 unspecified atom stereocenters. The molecular formula is C6H12N6. The Balaban J connectivity index is 2.97. The van der Waals surface area contributed by atoms with Crippen molar-refractivity contribution in [3.05, 3.63) is 0 Å². The van der Waals surface area contributed by atoms with Crippen molar-refractivity contribution < 1.29 is 0 Å². The summed E-state index contributed by atoms with van der Waals surface area (Å²) >= 11 is 0. The molecule has 0 aliphatic heterocycles. The summed E-state index contributed by atoms with van der Waals surface area (Å²) in [7, 11) is 0. The van der Waals surface area contributed by atoms with E-state index in [2.05, 4.69) is 15.3 Å². The van der Waals surface area contributed by atoms with Crippen LogP contribution in [0.2, 0.25) is 0 Å². The maximum atomic E-state index is 5.15. The number of hydrazone groups is 3. The molecule has 0 aromatic heterocycles. The van der Waals surface area contributed by atoms with E-state index in [9.17, 15) is 0 Å². The van der Waals surface area contributed by atoms with Crippen LogP contribution in [-0.4, -0.2) is 17.1 Å². The first-order valence-corrected chi connectivity index (χ1v) is 3.65. The van der Waals surface area contributed by atoms with Crippen LogP contribution < -0.4 is 17.5 Å². The zero-order valence-electron chi connectivity index (χ0n) is 6.70. The fraction of sp³-hybridized carbons (Fsp3) is 0.500. The van der Waals surface area contributed by atoms with Gasteiger partial charge < -0.3 is 17.5 Å². The van der Waals surface area contributed by atoms with Crippen molar-refractivity contribution in [3.8, 4) is 0 Å². The van der Waals surface area contributed by atoms with Crippen molar-refractivity contribution in [3.63, 3.8) is 0 Å². The lowest BCUT2D eigenvalue weighted by molar-refractivity contribution is 0.906. The summed E-state index contributed by atoms with van der Waals surface area (Å²) in [4.78, 5) is 0. The van der Waals surface area contributed by atoms with Gasteiger partial charge in [0.25, 0.3) is 0 Å². The largest absolute Gasteiger partial charge is 0.323 e. The lowest BCUT2D eigenvalue weighted by Gasteiger charge is -2.14. The van der Waals surface area contributed by atoms with Crippen molar-refractivity contribution in [1.82, 2.24) is 0 Å². The first-order valence-electron chi connectivity index (χ1n) is 3.65. The van der Waals surface area contributed by atoms with E-state index in [1.54, 1.807) is 0 Å². The zero-order valence-corrected chi connectivity index (χ0v) is 6.70. The Bertz CT molecular complexity index is 229. The smallest absolute Gasteiger partial charge is 0.129 e. The van der Waals surface area contributed by atoms with Crippen LogP contribution in [-0.2, 0) is 0 Å². The summed E-state index contributed by atoms with van der Waals surface area (Å²) in [6, 6.07) is 0. The summed E-state index contributed by atoms with van der Waals surface area (Å²) in [6.45, 7) is 0. The zero-order chi connectivity index (χ0) is 8.97. The van der Waals surface area contributed by atoms with Crippen LogP contribution in [0.25, 0.3) is 0 Å². The van der Waals surface area contributed by atoms with Gasteiger partial charge in [0.1, 0.15) is 5.71 Å². The molecule has 1 saturated carbocycles. The Morgan fingerprint density at radius 1 is 0.833 bits per heavy atom. The van der Waals surface area contributed by atoms with Crippen molar-refractivity contribution in [2.24, 2.45) is 32.8 Å². The number of hydrogen-bond donors (Lipinski definition) is 3. The molecule has 6 heteroatoms. The molecule has 1 fully saturated rings. The van der Waals surface area contributed by atoms with Gasteiger partial charge in [-0.1, -0.05) is 0 Å². The summed E-state index contributed by atoms with van der Waals surface area (Å²) in [5, 5.41) is 10.7. The van der Waals surface area contributed by atoms with Gasteiger partial charge in [-0.15, -0.1) is 0 Å². The van der Waals surface area contributed by atoms with Crippen LogP contribution in [0.15, 0.2) is 15.3 Å². The Morgan fingerprint density at radius 2 is 1.33 bits per heavy atom. The molecule has 1 rings (SSSR count). The van der Waals surface area contributed by atoms with Gasteiger partial charge in [0.2, 0.25) is 0 Å². The van der Waals surface area contributed by atoms with Crippen LogP contribution in [0.4, 0.5) is 0 Å². The Hall–Kier alpha value is -1.59. The van der Waals surface area contributed by atoms with Gasteiger partial charge in [-0.05, 0) is 19.3 Å². The van der Waals surface area contributed by atoms with Gasteiger partial charge in [0.15, 0.2) is 0 Å². The maximum absolute atomic E-state index is 5.15. The second-order valence-electron chi connectivity index (χ2n) is 2.48. The second-order valence-corrected chi connectivity index (χ2v) is 2.48. The highest BCUT2D eigenvalue weighted by atomic mass is 15.2. The molecule has 1 aliphatic carbocycles. The van der Waals surface area contributed by atoms with E-state index >= 15 is 0 Å². The normalized spacial score (nSPS) is 24.8. The summed E-state index contributed by atoms with van der Waals surface area (Å²) in [6.07, 6.45) is 2.50. The summed E-state index contributed by atoms with van der Waals surface area (Å²) in [5.74, 6) is 15.4. The van der Waals surface area contributed by atoms with E-state index in [1.807, 2.05) is 0 Å². The molecular weight excluding hydrogens is 156 g/mol. The van der Waals surface area contributed by atoms with Gasteiger partial charge in [-0.25, -0.2) is 0 Å². The van der Waals surface area contributed by atoms with Crippen LogP contribution in [0, 0.1) is 0 Å². The van der Waals surface area contributed by atoms with Crippen LogP contribution in [0.3, 0.4) is 0 Å². The van der Waals surface area contributed by atoms with Gasteiger partial charge in [-0.2, -0.15) is 15.3 Å². The van der Waals surface area contributed by atoms with E-state index in [1.165, 1.54) is 0 Å². The number of nitrogens with zero attached hydrogens (tertiary/aromatic N) is 3. The van der Waals surface area contributed by atoms with E-state index in [0.717, 1.165) is 19.3 Å². The molecule has 0 saturated heterocycles. The van der Waals surface area contributed by atoms with Crippen LogP contribution >= 0.6 is 0 Å². The summed E-state index contributed by atoms with van der Waals surface area (Å²) < 4.78 is 0. The van der Waals surface area contributed by atoms with E-state index in [0.29, 0.717) is 17.1 Å². The van der Waals surface area contributed by atoms with Gasteiger partial charge in [0.05, 0.1) is 11.4 Å². The quantitative estimate of drug-likeness (QED) is 0.322. The van der Waals surface area contributed by atoms with Gasteiger partial charge in [-0.3, -0.25) is 0 Å². The fourth-order valence-electron chi connectivity index (χ4n) is 1.23. The molecule has 0 radical (unpaired) electrons. The fourth-order valence-corrected chi connectivity index (χ4v) is 1.23. The predicted molar refractivity (Wildman–Crippen MR) is 48.7 cm³/mol. The molecule has 0 spiro atoms. The Labute approximate surface area is 70.2 Å². The topological polar surface area (TPSA) is 115 Å². The van der Waals surface area contributed by atoms with Crippen molar-refractivity contribution >= 4 is 17.1 Å². The van der Waals surface area contributed by atoms with E-state index in [4.69, 9.17) is 17.5 Å². The monoisotopic (exact) mass is 168 g/mol. The molecule has 12 heavy (non-hydrogen) atoms. The number of hydrogen-bond acceptors (Lipinski definition) is 6. The third-order valence-corrected chi connectivity index (χ3v) is 1.81. The lowest BCUT2D eigenvalue weighted by atomic mass is 9.94. The SMILES string of the molecule is NN=C1CCCC(=NN)C1=NN. The highest BCUT2D eigenvalue weighted by Gasteiger charge is 2.21. The molecule has 0 aromatic carbocycles. The van der Waals surface area contributed by atoms with Crippen molar-refractivity contribution in [1.29, 1.82) is 0 Å². The third-order valence-electron chi connectivity index (χ3n) is 1.81. The Kier molecular flexibility index (Phi) is 2.62. The highest BCUT2D eigenvalue weighted by molar-refractivity contribution is 6.69. The minimum Gasteiger partial charge on any atom is -0.323 e. The molecule has 6 N–H and O–H groups in total. The minimum absolute atomic E-state index is 0.534. The molecule has 6 nitrogen and oxygen atoms in total. The highest BCUT2D eigenvalue weighted by Crippen LogP contribution is 2.10. The first kappa shape index (κ1) is 8.51. The average Bonchev–Trinajstić information content (AvgIpc) is 2.16. The minimum atomic E-state index is 0.534. The van der Waals surface area contributed by atoms with E-state index < -0.39 is 0 Å². The predicted octanol–water partition coefficient (Wildman–Crippen LogP) is -0.886. The van der Waals surface area contributed by atoms with Crippen molar-refractivity contribution in [2.75, 3.05) is 0 Å². The molecule has 0 heterocycles.